The molecule has 0 radical (unpaired) electrons. The standard InChI is InChI=1S/C13H17NO3/c1-9-2-5-11(14-9)8-17-12-6-3-10(4-7-12)13(15)16/h3-4,6-7,9,11,14H,2,5,8H2,1H3,(H,15,16)/t9-,11+/m1/s1. The fourth-order valence-electron chi connectivity index (χ4n) is 2.04. The summed E-state index contributed by atoms with van der Waals surface area (Å²) in [6.07, 6.45) is 2.32. The van der Waals surface area contributed by atoms with Crippen LogP contribution in [0.4, 0.5) is 0 Å². The number of nitrogens with one attached hydrogen (secondary N) is 1. The molecule has 92 valence electrons. The molecule has 0 spiro atoms. The van der Waals surface area contributed by atoms with E-state index in [9.17, 15) is 4.79 Å². The lowest BCUT2D eigenvalue weighted by Gasteiger charge is -2.13. The van der Waals surface area contributed by atoms with E-state index in [1.54, 1.807) is 24.3 Å². The molecule has 1 aromatic rings. The molecule has 0 aliphatic carbocycles. The van der Waals surface area contributed by atoms with Crippen molar-refractivity contribution in [2.45, 2.75) is 31.8 Å². The van der Waals surface area contributed by atoms with Crippen molar-refractivity contribution in [3.8, 4) is 5.75 Å². The summed E-state index contributed by atoms with van der Waals surface area (Å²) < 4.78 is 5.62. The van der Waals surface area contributed by atoms with E-state index >= 15 is 0 Å². The molecule has 0 amide bonds. The third kappa shape index (κ3) is 3.20. The molecule has 1 fully saturated rings. The van der Waals surface area contributed by atoms with Gasteiger partial charge < -0.3 is 15.2 Å². The summed E-state index contributed by atoms with van der Waals surface area (Å²) in [6.45, 7) is 2.80. The van der Waals surface area contributed by atoms with Crippen LogP contribution in [-0.4, -0.2) is 29.8 Å². The normalized spacial score (nSPS) is 23.6. The molecule has 1 saturated heterocycles. The minimum Gasteiger partial charge on any atom is -0.492 e. The molecule has 17 heavy (non-hydrogen) atoms. The highest BCUT2D eigenvalue weighted by molar-refractivity contribution is 5.87. The fourth-order valence-corrected chi connectivity index (χ4v) is 2.04. The van der Waals surface area contributed by atoms with E-state index < -0.39 is 5.97 Å². The first-order valence-electron chi connectivity index (χ1n) is 5.87. The summed E-state index contributed by atoms with van der Waals surface area (Å²) in [6, 6.07) is 7.48. The molecule has 1 aliphatic heterocycles. The lowest BCUT2D eigenvalue weighted by molar-refractivity contribution is 0.0697. The Morgan fingerprint density at radius 3 is 2.65 bits per heavy atom. The number of benzene rings is 1. The molecular weight excluding hydrogens is 218 g/mol. The minimum absolute atomic E-state index is 0.282. The van der Waals surface area contributed by atoms with Gasteiger partial charge in [0.05, 0.1) is 5.56 Å². The van der Waals surface area contributed by atoms with Crippen LogP contribution in [0.1, 0.15) is 30.1 Å². The lowest BCUT2D eigenvalue weighted by atomic mass is 10.2. The maximum absolute atomic E-state index is 10.7. The Balaban J connectivity index is 1.85. The molecule has 1 aliphatic rings. The van der Waals surface area contributed by atoms with Crippen molar-refractivity contribution in [3.05, 3.63) is 29.8 Å². The number of carboxylic acid groups (broad SMARTS) is 1. The van der Waals surface area contributed by atoms with Gasteiger partial charge in [0.25, 0.3) is 0 Å². The lowest BCUT2D eigenvalue weighted by Crippen LogP contribution is -2.32. The Morgan fingerprint density at radius 1 is 1.41 bits per heavy atom. The van der Waals surface area contributed by atoms with Crippen molar-refractivity contribution >= 4 is 5.97 Å². The van der Waals surface area contributed by atoms with Crippen LogP contribution in [0, 0.1) is 0 Å². The Kier molecular flexibility index (Phi) is 3.64. The van der Waals surface area contributed by atoms with Gasteiger partial charge in [-0.05, 0) is 44.0 Å². The Morgan fingerprint density at radius 2 is 2.12 bits per heavy atom. The summed E-state index contributed by atoms with van der Waals surface area (Å²) in [7, 11) is 0. The van der Waals surface area contributed by atoms with E-state index in [-0.39, 0.29) is 5.56 Å². The molecular formula is C13H17NO3. The first-order chi connectivity index (χ1) is 8.15. The highest BCUT2D eigenvalue weighted by Gasteiger charge is 2.20. The second-order valence-corrected chi connectivity index (χ2v) is 4.48. The predicted molar refractivity (Wildman–Crippen MR) is 64.5 cm³/mol. The molecule has 4 heteroatoms. The first kappa shape index (κ1) is 11.9. The average Bonchev–Trinajstić information content (AvgIpc) is 2.73. The van der Waals surface area contributed by atoms with Crippen molar-refractivity contribution in [3.63, 3.8) is 0 Å². The van der Waals surface area contributed by atoms with Gasteiger partial charge in [-0.2, -0.15) is 0 Å². The van der Waals surface area contributed by atoms with E-state index in [2.05, 4.69) is 12.2 Å². The van der Waals surface area contributed by atoms with Crippen molar-refractivity contribution in [1.29, 1.82) is 0 Å². The molecule has 2 atom stereocenters. The van der Waals surface area contributed by atoms with Crippen LogP contribution in [0.3, 0.4) is 0 Å². The molecule has 1 heterocycles. The van der Waals surface area contributed by atoms with Crippen LogP contribution in [-0.2, 0) is 0 Å². The monoisotopic (exact) mass is 235 g/mol. The van der Waals surface area contributed by atoms with Crippen molar-refractivity contribution < 1.29 is 14.6 Å². The van der Waals surface area contributed by atoms with Gasteiger partial charge >= 0.3 is 5.97 Å². The van der Waals surface area contributed by atoms with E-state index in [0.29, 0.717) is 18.7 Å². The van der Waals surface area contributed by atoms with Gasteiger partial charge in [-0.1, -0.05) is 0 Å². The third-order valence-corrected chi connectivity index (χ3v) is 3.02. The van der Waals surface area contributed by atoms with Crippen LogP contribution in [0.25, 0.3) is 0 Å². The van der Waals surface area contributed by atoms with Crippen LogP contribution in [0.5, 0.6) is 5.75 Å². The second-order valence-electron chi connectivity index (χ2n) is 4.48. The molecule has 4 nitrogen and oxygen atoms in total. The zero-order chi connectivity index (χ0) is 12.3. The van der Waals surface area contributed by atoms with Crippen molar-refractivity contribution in [1.82, 2.24) is 5.32 Å². The zero-order valence-electron chi connectivity index (χ0n) is 9.85. The Labute approximate surface area is 101 Å². The Bertz CT molecular complexity index is 388. The number of hydrogen-bond donors (Lipinski definition) is 2. The smallest absolute Gasteiger partial charge is 0.335 e. The number of hydrogen-bond acceptors (Lipinski definition) is 3. The maximum atomic E-state index is 10.7. The van der Waals surface area contributed by atoms with Gasteiger partial charge in [0, 0.05) is 12.1 Å². The number of rotatable bonds is 4. The number of ether oxygens (including phenoxy) is 1. The molecule has 0 unspecified atom stereocenters. The van der Waals surface area contributed by atoms with Gasteiger partial charge in [-0.3, -0.25) is 0 Å². The Hall–Kier alpha value is -1.55. The summed E-state index contributed by atoms with van der Waals surface area (Å²) in [5.41, 5.74) is 0.282. The molecule has 0 aromatic heterocycles. The number of aromatic carboxylic acids is 1. The molecule has 1 aromatic carbocycles. The van der Waals surface area contributed by atoms with Crippen LogP contribution >= 0.6 is 0 Å². The number of carbonyl (C=O) groups is 1. The maximum Gasteiger partial charge on any atom is 0.335 e. The molecule has 2 rings (SSSR count). The molecule has 0 saturated carbocycles. The summed E-state index contributed by atoms with van der Waals surface area (Å²) in [4.78, 5) is 10.7. The van der Waals surface area contributed by atoms with Gasteiger partial charge in [-0.15, -0.1) is 0 Å². The second kappa shape index (κ2) is 5.19. The summed E-state index contributed by atoms with van der Waals surface area (Å²) in [5.74, 6) is -0.195. The van der Waals surface area contributed by atoms with Gasteiger partial charge in [0.1, 0.15) is 12.4 Å². The molecule has 0 bridgehead atoms. The third-order valence-electron chi connectivity index (χ3n) is 3.02. The topological polar surface area (TPSA) is 58.6 Å². The van der Waals surface area contributed by atoms with E-state index in [1.807, 2.05) is 0 Å². The minimum atomic E-state index is -0.914. The predicted octanol–water partition coefficient (Wildman–Crippen LogP) is 1.90. The van der Waals surface area contributed by atoms with Gasteiger partial charge in [0.15, 0.2) is 0 Å². The van der Waals surface area contributed by atoms with E-state index in [1.165, 1.54) is 6.42 Å². The van der Waals surface area contributed by atoms with Gasteiger partial charge in [-0.25, -0.2) is 4.79 Å². The van der Waals surface area contributed by atoms with Crippen LogP contribution in [0.15, 0.2) is 24.3 Å². The first-order valence-corrected chi connectivity index (χ1v) is 5.87. The van der Waals surface area contributed by atoms with Crippen LogP contribution < -0.4 is 10.1 Å². The summed E-state index contributed by atoms with van der Waals surface area (Å²) in [5, 5.41) is 12.2. The van der Waals surface area contributed by atoms with Crippen molar-refractivity contribution in [2.24, 2.45) is 0 Å². The van der Waals surface area contributed by atoms with E-state index in [4.69, 9.17) is 9.84 Å². The molecule has 2 N–H and O–H groups in total. The average molecular weight is 235 g/mol. The van der Waals surface area contributed by atoms with Gasteiger partial charge in [0.2, 0.25) is 0 Å². The van der Waals surface area contributed by atoms with Crippen molar-refractivity contribution in [2.75, 3.05) is 6.61 Å². The SMILES string of the molecule is C[C@@H]1CC[C@@H](COc2ccc(C(=O)O)cc2)N1. The highest BCUT2D eigenvalue weighted by atomic mass is 16.5. The number of carboxylic acids is 1. The van der Waals surface area contributed by atoms with Crippen LogP contribution in [0.2, 0.25) is 0 Å². The highest BCUT2D eigenvalue weighted by Crippen LogP contribution is 2.16. The quantitative estimate of drug-likeness (QED) is 0.837. The largest absolute Gasteiger partial charge is 0.492 e. The van der Waals surface area contributed by atoms with E-state index in [0.717, 1.165) is 12.2 Å². The fraction of sp³-hybridized carbons (Fsp3) is 0.462. The zero-order valence-corrected chi connectivity index (χ0v) is 9.85. The summed E-state index contributed by atoms with van der Waals surface area (Å²) >= 11 is 0.